The van der Waals surface area contributed by atoms with Crippen LogP contribution in [0, 0.1) is 11.6 Å². The van der Waals surface area contributed by atoms with Crippen LogP contribution in [0.3, 0.4) is 0 Å². The number of ether oxygens (including phenoxy) is 5. The minimum atomic E-state index is -1.03. The average Bonchev–Trinajstić information content (AvgIpc) is 2.90. The van der Waals surface area contributed by atoms with E-state index in [0.717, 1.165) is 12.1 Å². The monoisotopic (exact) mass is 525 g/mol. The van der Waals surface area contributed by atoms with Crippen LogP contribution in [0.4, 0.5) is 14.5 Å². The van der Waals surface area contributed by atoms with Gasteiger partial charge in [-0.05, 0) is 25.1 Å². The van der Waals surface area contributed by atoms with Gasteiger partial charge in [0.1, 0.15) is 17.6 Å². The molecule has 4 rings (SSSR count). The summed E-state index contributed by atoms with van der Waals surface area (Å²) in [6, 6.07) is 8.12. The molecular weight excluding hydrogens is 500 g/mol. The zero-order valence-electron chi connectivity index (χ0n) is 21.1. The third kappa shape index (κ3) is 5.73. The van der Waals surface area contributed by atoms with Gasteiger partial charge in [0.25, 0.3) is 5.91 Å². The fourth-order valence-corrected chi connectivity index (χ4v) is 3.72. The molecule has 0 aliphatic rings. The van der Waals surface area contributed by atoms with Gasteiger partial charge < -0.3 is 29.0 Å². The lowest BCUT2D eigenvalue weighted by Crippen LogP contribution is -2.18. The van der Waals surface area contributed by atoms with Crippen LogP contribution in [0.5, 0.6) is 28.7 Å². The van der Waals surface area contributed by atoms with Crippen molar-refractivity contribution >= 4 is 22.5 Å². The number of rotatable bonds is 10. The molecule has 38 heavy (non-hydrogen) atoms. The van der Waals surface area contributed by atoms with Crippen LogP contribution >= 0.6 is 0 Å². The number of fused-ring (bicyclic) bond motifs is 1. The molecule has 9 nitrogen and oxygen atoms in total. The van der Waals surface area contributed by atoms with Crippen LogP contribution in [0.1, 0.15) is 17.3 Å². The molecule has 0 saturated carbocycles. The first-order valence-electron chi connectivity index (χ1n) is 11.4. The summed E-state index contributed by atoms with van der Waals surface area (Å²) in [5.74, 6) is -2.15. The molecule has 4 aromatic rings. The number of amides is 1. The summed E-state index contributed by atoms with van der Waals surface area (Å²) in [5, 5.41) is 2.88. The predicted molar refractivity (Wildman–Crippen MR) is 135 cm³/mol. The first kappa shape index (κ1) is 26.6. The quantitative estimate of drug-likeness (QED) is 0.294. The van der Waals surface area contributed by atoms with Gasteiger partial charge in [-0.25, -0.2) is 8.78 Å². The second-order valence-electron chi connectivity index (χ2n) is 8.11. The number of nitrogens with one attached hydrogen (secondary N) is 1. The summed E-state index contributed by atoms with van der Waals surface area (Å²) in [6.45, 7) is 2.16. The zero-order valence-corrected chi connectivity index (χ0v) is 21.1. The van der Waals surface area contributed by atoms with Crippen molar-refractivity contribution in [2.75, 3.05) is 33.3 Å². The number of hydrogen-bond acceptors (Lipinski definition) is 8. The Morgan fingerprint density at radius 2 is 1.66 bits per heavy atom. The van der Waals surface area contributed by atoms with Crippen LogP contribution < -0.4 is 24.3 Å². The second kappa shape index (κ2) is 11.7. The van der Waals surface area contributed by atoms with Gasteiger partial charge in [0.15, 0.2) is 28.9 Å². The topological polar surface area (TPSA) is 101 Å². The van der Waals surface area contributed by atoms with E-state index in [0.29, 0.717) is 29.0 Å². The van der Waals surface area contributed by atoms with E-state index >= 15 is 8.78 Å². The molecule has 0 aliphatic carbocycles. The van der Waals surface area contributed by atoms with Crippen molar-refractivity contribution in [3.05, 3.63) is 72.2 Å². The molecular formula is C27H25F2N3O6. The molecule has 0 radical (unpaired) electrons. The summed E-state index contributed by atoms with van der Waals surface area (Å²) in [7, 11) is 4.44. The van der Waals surface area contributed by atoms with Crippen molar-refractivity contribution in [3.63, 3.8) is 0 Å². The highest BCUT2D eigenvalue weighted by molar-refractivity contribution is 6.06. The normalized spacial score (nSPS) is 11.6. The smallest absolute Gasteiger partial charge is 0.261 e. The molecule has 2 heterocycles. The van der Waals surface area contributed by atoms with Crippen molar-refractivity contribution in [2.45, 2.75) is 13.0 Å². The van der Waals surface area contributed by atoms with Crippen molar-refractivity contribution < 1.29 is 37.3 Å². The molecule has 0 bridgehead atoms. The second-order valence-corrected chi connectivity index (χ2v) is 8.11. The van der Waals surface area contributed by atoms with Gasteiger partial charge in [0, 0.05) is 55.0 Å². The third-order valence-electron chi connectivity index (χ3n) is 5.43. The molecule has 2 aromatic carbocycles. The van der Waals surface area contributed by atoms with E-state index in [9.17, 15) is 4.79 Å². The van der Waals surface area contributed by atoms with E-state index in [1.165, 1.54) is 44.9 Å². The molecule has 1 atom stereocenters. The number of nitrogens with zero attached hydrogens (tertiary/aromatic N) is 2. The van der Waals surface area contributed by atoms with Crippen molar-refractivity contribution in [1.82, 2.24) is 9.97 Å². The number of aromatic nitrogens is 2. The summed E-state index contributed by atoms with van der Waals surface area (Å²) in [4.78, 5) is 20.8. The lowest BCUT2D eigenvalue weighted by Gasteiger charge is -2.18. The average molecular weight is 526 g/mol. The van der Waals surface area contributed by atoms with Crippen LogP contribution in [0.15, 0.2) is 55.0 Å². The highest BCUT2D eigenvalue weighted by atomic mass is 19.1. The molecule has 1 amide bonds. The summed E-state index contributed by atoms with van der Waals surface area (Å²) in [5.41, 5.74) is 0.448. The number of pyridine rings is 2. The number of hydrogen-bond donors (Lipinski definition) is 1. The van der Waals surface area contributed by atoms with Gasteiger partial charge in [-0.15, -0.1) is 0 Å². The molecule has 2 aromatic heterocycles. The van der Waals surface area contributed by atoms with Gasteiger partial charge in [0.2, 0.25) is 0 Å². The van der Waals surface area contributed by atoms with Gasteiger partial charge >= 0.3 is 0 Å². The minimum Gasteiger partial charge on any atom is -0.496 e. The number of carbonyl (C=O) groups excluding carboxylic acids is 1. The number of benzene rings is 2. The van der Waals surface area contributed by atoms with Crippen LogP contribution in [-0.2, 0) is 4.74 Å². The lowest BCUT2D eigenvalue weighted by molar-refractivity contribution is 0.0901. The molecule has 198 valence electrons. The molecule has 1 unspecified atom stereocenters. The maximum Gasteiger partial charge on any atom is 0.261 e. The number of methoxy groups -OCH3 is 3. The summed E-state index contributed by atoms with van der Waals surface area (Å²) < 4.78 is 57.3. The number of carbonyl (C=O) groups is 1. The fraction of sp³-hybridized carbons (Fsp3) is 0.222. The van der Waals surface area contributed by atoms with Crippen LogP contribution in [0.25, 0.3) is 10.9 Å². The summed E-state index contributed by atoms with van der Waals surface area (Å²) >= 11 is 0. The van der Waals surface area contributed by atoms with E-state index in [1.54, 1.807) is 19.2 Å². The Balaban J connectivity index is 1.63. The van der Waals surface area contributed by atoms with Gasteiger partial charge in [-0.1, -0.05) is 0 Å². The van der Waals surface area contributed by atoms with Crippen molar-refractivity contribution in [3.8, 4) is 28.7 Å². The standard InChI is InChI=1S/C27H25F2N3O6/c1-15(14-34-2)37-25-11-17-21(12-24(25)36-4)31-8-6-23(17)38-26-19(28)9-16(10-20(26)29)32-27(33)18-13-30-7-5-22(18)35-3/h5-13,15H,14H2,1-4H3,(H,32,33). The maximum atomic E-state index is 15.0. The first-order chi connectivity index (χ1) is 18.3. The fourth-order valence-electron chi connectivity index (χ4n) is 3.72. The van der Waals surface area contributed by atoms with E-state index in [-0.39, 0.29) is 28.9 Å². The van der Waals surface area contributed by atoms with Gasteiger partial charge in [-0.3, -0.25) is 14.8 Å². The van der Waals surface area contributed by atoms with E-state index in [1.807, 2.05) is 6.92 Å². The number of halogens is 2. The largest absolute Gasteiger partial charge is 0.496 e. The van der Waals surface area contributed by atoms with Gasteiger partial charge in [0.05, 0.1) is 31.9 Å². The van der Waals surface area contributed by atoms with Crippen molar-refractivity contribution in [2.24, 2.45) is 0 Å². The van der Waals surface area contributed by atoms with Gasteiger partial charge in [-0.2, -0.15) is 0 Å². The molecule has 1 N–H and O–H groups in total. The summed E-state index contributed by atoms with van der Waals surface area (Å²) in [6.07, 6.45) is 3.89. The maximum absolute atomic E-state index is 15.0. The molecule has 0 saturated heterocycles. The third-order valence-corrected chi connectivity index (χ3v) is 5.43. The van der Waals surface area contributed by atoms with Crippen LogP contribution in [0.2, 0.25) is 0 Å². The Morgan fingerprint density at radius 3 is 2.34 bits per heavy atom. The predicted octanol–water partition coefficient (Wildman–Crippen LogP) is 5.38. The van der Waals surface area contributed by atoms with E-state index < -0.39 is 23.3 Å². The minimum absolute atomic E-state index is 0.104. The Hall–Kier alpha value is -4.51. The van der Waals surface area contributed by atoms with Crippen LogP contribution in [-0.4, -0.2) is 49.9 Å². The molecule has 0 spiro atoms. The molecule has 11 heteroatoms. The highest BCUT2D eigenvalue weighted by Gasteiger charge is 2.20. The number of anilines is 1. The molecule has 0 fully saturated rings. The Bertz CT molecular complexity index is 1440. The van der Waals surface area contributed by atoms with E-state index in [2.05, 4.69) is 15.3 Å². The SMILES string of the molecule is COCC(C)Oc1cc2c(Oc3c(F)cc(NC(=O)c4cnccc4OC)cc3F)ccnc2cc1OC. The first-order valence-corrected chi connectivity index (χ1v) is 11.4. The van der Waals surface area contributed by atoms with E-state index in [4.69, 9.17) is 23.7 Å². The Morgan fingerprint density at radius 1 is 0.947 bits per heavy atom. The lowest BCUT2D eigenvalue weighted by atomic mass is 10.1. The Labute approximate surface area is 217 Å². The van der Waals surface area contributed by atoms with Crippen molar-refractivity contribution in [1.29, 1.82) is 0 Å². The Kier molecular flexibility index (Phi) is 8.17. The highest BCUT2D eigenvalue weighted by Crippen LogP contribution is 2.39. The zero-order chi connectivity index (χ0) is 27.2. The molecule has 0 aliphatic heterocycles.